The van der Waals surface area contributed by atoms with Gasteiger partial charge in [-0.1, -0.05) is 10.4 Å². The van der Waals surface area contributed by atoms with Crippen molar-refractivity contribution in [3.63, 3.8) is 0 Å². The summed E-state index contributed by atoms with van der Waals surface area (Å²) in [5, 5.41) is 21.6. The summed E-state index contributed by atoms with van der Waals surface area (Å²) in [6, 6.07) is 2.93. The first kappa shape index (κ1) is 15.1. The number of pyridine rings is 1. The molecule has 0 spiro atoms. The van der Waals surface area contributed by atoms with Gasteiger partial charge in [-0.25, -0.2) is 13.5 Å². The van der Waals surface area contributed by atoms with E-state index in [2.05, 4.69) is 35.9 Å². The van der Waals surface area contributed by atoms with Crippen LogP contribution in [0.5, 0.6) is 0 Å². The van der Waals surface area contributed by atoms with Crippen molar-refractivity contribution in [2.45, 2.75) is 32.2 Å². The molecule has 0 aliphatic carbocycles. The van der Waals surface area contributed by atoms with Crippen LogP contribution in [0.1, 0.15) is 29.7 Å². The summed E-state index contributed by atoms with van der Waals surface area (Å²) >= 11 is 0. The van der Waals surface area contributed by atoms with Gasteiger partial charge >= 0.3 is 0 Å². The highest BCUT2D eigenvalue weighted by atomic mass is 19.3. The number of aromatic nitrogens is 8. The van der Waals surface area contributed by atoms with E-state index in [4.69, 9.17) is 0 Å². The fourth-order valence-corrected chi connectivity index (χ4v) is 2.00. The van der Waals surface area contributed by atoms with Crippen LogP contribution in [0.25, 0.3) is 0 Å². The number of aromatic amines is 1. The zero-order chi connectivity index (χ0) is 16.3. The Morgan fingerprint density at radius 2 is 2.04 bits per heavy atom. The Labute approximate surface area is 129 Å². The SMILES string of the molecule is CC(F)(F)c1ccc(Cn2cc(CCc3nn[nH]n3)nn2)nc1. The van der Waals surface area contributed by atoms with E-state index in [1.807, 2.05) is 0 Å². The van der Waals surface area contributed by atoms with Crippen LogP contribution in [0.4, 0.5) is 8.78 Å². The van der Waals surface area contributed by atoms with Gasteiger partial charge in [0, 0.05) is 37.7 Å². The van der Waals surface area contributed by atoms with Crippen LogP contribution in [0.2, 0.25) is 0 Å². The Morgan fingerprint density at radius 1 is 1.17 bits per heavy atom. The molecule has 3 heterocycles. The summed E-state index contributed by atoms with van der Waals surface area (Å²) in [5.41, 5.74) is 1.31. The third kappa shape index (κ3) is 3.90. The molecule has 0 unspecified atom stereocenters. The van der Waals surface area contributed by atoms with E-state index in [1.54, 1.807) is 16.9 Å². The van der Waals surface area contributed by atoms with Gasteiger partial charge in [-0.05, 0) is 12.1 Å². The summed E-state index contributed by atoms with van der Waals surface area (Å²) in [6.07, 6.45) is 4.20. The number of hydrogen-bond acceptors (Lipinski definition) is 6. The normalized spacial score (nSPS) is 11.8. The maximum atomic E-state index is 13.1. The van der Waals surface area contributed by atoms with Gasteiger partial charge in [-0.3, -0.25) is 4.98 Å². The number of nitrogens with one attached hydrogen (secondary N) is 1. The molecule has 0 saturated carbocycles. The number of H-pyrrole nitrogens is 1. The summed E-state index contributed by atoms with van der Waals surface area (Å²) in [4.78, 5) is 4.04. The lowest BCUT2D eigenvalue weighted by Gasteiger charge is -2.10. The molecule has 120 valence electrons. The van der Waals surface area contributed by atoms with E-state index in [1.165, 1.54) is 12.3 Å². The number of aryl methyl sites for hydroxylation is 2. The first-order valence-corrected chi connectivity index (χ1v) is 6.95. The van der Waals surface area contributed by atoms with E-state index in [-0.39, 0.29) is 5.56 Å². The van der Waals surface area contributed by atoms with Gasteiger partial charge in [-0.2, -0.15) is 5.21 Å². The van der Waals surface area contributed by atoms with Crippen LogP contribution in [-0.2, 0) is 25.3 Å². The van der Waals surface area contributed by atoms with Gasteiger partial charge < -0.3 is 0 Å². The Hall–Kier alpha value is -2.78. The van der Waals surface area contributed by atoms with Crippen LogP contribution in [0.3, 0.4) is 0 Å². The van der Waals surface area contributed by atoms with Crippen molar-refractivity contribution in [1.82, 2.24) is 40.6 Å². The predicted molar refractivity (Wildman–Crippen MR) is 74.5 cm³/mol. The predicted octanol–water partition coefficient (Wildman–Crippen LogP) is 1.13. The van der Waals surface area contributed by atoms with E-state index >= 15 is 0 Å². The molecule has 8 nitrogen and oxygen atoms in total. The topological polar surface area (TPSA) is 98.1 Å². The van der Waals surface area contributed by atoms with Crippen molar-refractivity contribution in [2.75, 3.05) is 0 Å². The highest BCUT2D eigenvalue weighted by Crippen LogP contribution is 2.25. The first-order valence-electron chi connectivity index (χ1n) is 6.95. The van der Waals surface area contributed by atoms with Crippen LogP contribution >= 0.6 is 0 Å². The quantitative estimate of drug-likeness (QED) is 0.731. The molecule has 3 aromatic rings. The molecule has 0 fully saturated rings. The third-order valence-electron chi connectivity index (χ3n) is 3.24. The second-order valence-electron chi connectivity index (χ2n) is 5.16. The monoisotopic (exact) mass is 320 g/mol. The Bertz CT molecular complexity index is 745. The highest BCUT2D eigenvalue weighted by Gasteiger charge is 2.24. The lowest BCUT2D eigenvalue weighted by Crippen LogP contribution is -2.09. The average Bonchev–Trinajstić information content (AvgIpc) is 3.16. The maximum absolute atomic E-state index is 13.1. The van der Waals surface area contributed by atoms with Crippen LogP contribution < -0.4 is 0 Å². The Balaban J connectivity index is 1.60. The molecule has 0 bridgehead atoms. The fourth-order valence-electron chi connectivity index (χ4n) is 2.00. The third-order valence-corrected chi connectivity index (χ3v) is 3.24. The average molecular weight is 320 g/mol. The highest BCUT2D eigenvalue weighted by molar-refractivity contribution is 5.18. The van der Waals surface area contributed by atoms with Gasteiger partial charge in [0.15, 0.2) is 5.82 Å². The summed E-state index contributed by atoms with van der Waals surface area (Å²) < 4.78 is 27.9. The zero-order valence-corrected chi connectivity index (χ0v) is 12.3. The summed E-state index contributed by atoms with van der Waals surface area (Å²) in [7, 11) is 0. The van der Waals surface area contributed by atoms with Gasteiger partial charge in [-0.15, -0.1) is 15.3 Å². The number of hydrogen-bond donors (Lipinski definition) is 1. The largest absolute Gasteiger partial charge is 0.272 e. The van der Waals surface area contributed by atoms with E-state index in [9.17, 15) is 8.78 Å². The maximum Gasteiger partial charge on any atom is 0.272 e. The van der Waals surface area contributed by atoms with Crippen LogP contribution in [0, 0.1) is 0 Å². The second kappa shape index (κ2) is 6.15. The Morgan fingerprint density at radius 3 is 2.70 bits per heavy atom. The van der Waals surface area contributed by atoms with Gasteiger partial charge in [0.2, 0.25) is 0 Å². The first-order chi connectivity index (χ1) is 11.0. The molecule has 23 heavy (non-hydrogen) atoms. The minimum atomic E-state index is -2.89. The van der Waals surface area contributed by atoms with Gasteiger partial charge in [0.25, 0.3) is 5.92 Å². The van der Waals surface area contributed by atoms with E-state index < -0.39 is 5.92 Å². The van der Waals surface area contributed by atoms with Crippen molar-refractivity contribution < 1.29 is 8.78 Å². The molecule has 10 heteroatoms. The number of rotatable bonds is 6. The molecule has 0 saturated heterocycles. The molecule has 0 aromatic carbocycles. The molecule has 0 amide bonds. The molecule has 3 rings (SSSR count). The lowest BCUT2D eigenvalue weighted by molar-refractivity contribution is 0.0171. The fraction of sp³-hybridized carbons (Fsp3) is 0.385. The molecule has 1 N–H and O–H groups in total. The molecule has 3 aromatic heterocycles. The van der Waals surface area contributed by atoms with Crippen molar-refractivity contribution in [1.29, 1.82) is 0 Å². The number of tetrazole rings is 1. The smallest absolute Gasteiger partial charge is 0.259 e. The number of halogens is 2. The van der Waals surface area contributed by atoms with Gasteiger partial charge in [0.05, 0.1) is 17.9 Å². The van der Waals surface area contributed by atoms with Crippen molar-refractivity contribution in [3.8, 4) is 0 Å². The minimum absolute atomic E-state index is 0.111. The summed E-state index contributed by atoms with van der Waals surface area (Å²) in [5.74, 6) is -2.28. The molecule has 0 aliphatic rings. The van der Waals surface area contributed by atoms with Crippen LogP contribution in [-0.4, -0.2) is 40.6 Å². The van der Waals surface area contributed by atoms with Crippen molar-refractivity contribution >= 4 is 0 Å². The standard InChI is InChI=1S/C13H14F2N8/c1-13(14,15)9-2-3-10(16-6-9)7-23-8-11(17-22-23)4-5-12-18-20-21-19-12/h2-3,6,8H,4-5,7H2,1H3,(H,18,19,20,21). The van der Waals surface area contributed by atoms with Crippen molar-refractivity contribution in [2.24, 2.45) is 0 Å². The minimum Gasteiger partial charge on any atom is -0.259 e. The van der Waals surface area contributed by atoms with E-state index in [0.717, 1.165) is 12.6 Å². The molecular weight excluding hydrogens is 306 g/mol. The van der Waals surface area contributed by atoms with Gasteiger partial charge in [0.1, 0.15) is 0 Å². The zero-order valence-electron chi connectivity index (χ0n) is 12.3. The van der Waals surface area contributed by atoms with Crippen LogP contribution in [0.15, 0.2) is 24.5 Å². The lowest BCUT2D eigenvalue weighted by atomic mass is 10.1. The Kier molecular flexibility index (Phi) is 4.04. The summed E-state index contributed by atoms with van der Waals surface area (Å²) in [6.45, 7) is 1.21. The molecule has 0 aliphatic heterocycles. The van der Waals surface area contributed by atoms with E-state index in [0.29, 0.717) is 30.9 Å². The number of alkyl halides is 2. The molecular formula is C13H14F2N8. The number of nitrogens with zero attached hydrogens (tertiary/aromatic N) is 7. The molecule has 0 atom stereocenters. The molecule has 0 radical (unpaired) electrons. The van der Waals surface area contributed by atoms with Crippen molar-refractivity contribution in [3.05, 3.63) is 47.3 Å². The second-order valence-corrected chi connectivity index (χ2v) is 5.16.